The molecule has 0 aliphatic rings. The molecular weight excluding hydrogens is 328 g/mol. The lowest BCUT2D eigenvalue weighted by atomic mass is 10.1. The second kappa shape index (κ2) is 6.68. The van der Waals surface area contributed by atoms with Gasteiger partial charge >= 0.3 is 0 Å². The van der Waals surface area contributed by atoms with Gasteiger partial charge in [0, 0.05) is 29.8 Å². The summed E-state index contributed by atoms with van der Waals surface area (Å²) in [6.07, 6.45) is 5.54. The van der Waals surface area contributed by atoms with Gasteiger partial charge in [-0.05, 0) is 30.3 Å². The Morgan fingerprint density at radius 2 is 1.88 bits per heavy atom. The van der Waals surface area contributed by atoms with E-state index in [0.717, 1.165) is 11.3 Å². The zero-order valence-corrected chi connectivity index (χ0v) is 14.1. The summed E-state index contributed by atoms with van der Waals surface area (Å²) in [5.74, 6) is 0.974. The number of benzene rings is 2. The number of carbonyl (C=O) groups is 1. The number of rotatable bonds is 4. The first-order chi connectivity index (χ1) is 12.7. The van der Waals surface area contributed by atoms with Crippen LogP contribution >= 0.6 is 0 Å². The molecule has 0 saturated carbocycles. The van der Waals surface area contributed by atoms with Crippen molar-refractivity contribution in [2.45, 2.75) is 0 Å². The van der Waals surface area contributed by atoms with Gasteiger partial charge in [0.05, 0.1) is 18.4 Å². The van der Waals surface area contributed by atoms with Crippen molar-refractivity contribution < 1.29 is 9.53 Å². The van der Waals surface area contributed by atoms with Crippen LogP contribution in [0.5, 0.6) is 5.75 Å². The summed E-state index contributed by atoms with van der Waals surface area (Å²) < 4.78 is 7.10. The minimum atomic E-state index is -0.216. The molecule has 0 fully saturated rings. The highest BCUT2D eigenvalue weighted by Crippen LogP contribution is 2.22. The average Bonchev–Trinajstić information content (AvgIpc) is 3.12. The molecule has 0 aliphatic heterocycles. The van der Waals surface area contributed by atoms with E-state index in [9.17, 15) is 4.79 Å². The monoisotopic (exact) mass is 344 g/mol. The summed E-state index contributed by atoms with van der Waals surface area (Å²) >= 11 is 0. The van der Waals surface area contributed by atoms with Gasteiger partial charge in [-0.15, -0.1) is 0 Å². The van der Waals surface area contributed by atoms with Gasteiger partial charge in [-0.25, -0.2) is 9.97 Å². The summed E-state index contributed by atoms with van der Waals surface area (Å²) in [6, 6.07) is 16.5. The molecule has 0 spiro atoms. The summed E-state index contributed by atoms with van der Waals surface area (Å²) in [5.41, 5.74) is 2.97. The number of nitrogens with one attached hydrogen (secondary N) is 1. The van der Waals surface area contributed by atoms with Gasteiger partial charge in [-0.2, -0.15) is 0 Å². The lowest BCUT2D eigenvalue weighted by molar-refractivity contribution is 0.102. The van der Waals surface area contributed by atoms with Crippen LogP contribution in [0.3, 0.4) is 0 Å². The van der Waals surface area contributed by atoms with Crippen LogP contribution in [0, 0.1) is 0 Å². The van der Waals surface area contributed by atoms with Crippen LogP contribution in [0.1, 0.15) is 10.4 Å². The highest BCUT2D eigenvalue weighted by molar-refractivity contribution is 6.06. The zero-order valence-electron chi connectivity index (χ0n) is 14.1. The van der Waals surface area contributed by atoms with E-state index in [2.05, 4.69) is 15.3 Å². The van der Waals surface area contributed by atoms with E-state index in [0.29, 0.717) is 22.8 Å². The predicted octanol–water partition coefficient (Wildman–Crippen LogP) is 3.66. The number of methoxy groups -OCH3 is 1. The van der Waals surface area contributed by atoms with Crippen LogP contribution in [0.2, 0.25) is 0 Å². The van der Waals surface area contributed by atoms with E-state index in [1.165, 1.54) is 0 Å². The summed E-state index contributed by atoms with van der Waals surface area (Å²) in [7, 11) is 1.55. The lowest BCUT2D eigenvalue weighted by Gasteiger charge is -2.09. The number of nitrogens with zero attached hydrogens (tertiary/aromatic N) is 3. The summed E-state index contributed by atoms with van der Waals surface area (Å²) in [5, 5.41) is 2.88. The molecular formula is C20H16N4O2. The fourth-order valence-electron chi connectivity index (χ4n) is 2.72. The highest BCUT2D eigenvalue weighted by Gasteiger charge is 2.12. The maximum atomic E-state index is 12.5. The first-order valence-corrected chi connectivity index (χ1v) is 8.09. The second-order valence-corrected chi connectivity index (χ2v) is 5.68. The minimum absolute atomic E-state index is 0.216. The molecule has 128 valence electrons. The number of para-hydroxylation sites is 1. The van der Waals surface area contributed by atoms with Crippen LogP contribution in [-0.4, -0.2) is 27.4 Å². The Balaban J connectivity index is 1.55. The van der Waals surface area contributed by atoms with Crippen molar-refractivity contribution in [3.05, 3.63) is 78.8 Å². The van der Waals surface area contributed by atoms with Gasteiger partial charge in [-0.1, -0.05) is 24.3 Å². The van der Waals surface area contributed by atoms with Crippen LogP contribution in [0.4, 0.5) is 5.69 Å². The molecule has 2 aromatic carbocycles. The number of amides is 1. The van der Waals surface area contributed by atoms with Gasteiger partial charge in [0.15, 0.2) is 0 Å². The molecule has 6 nitrogen and oxygen atoms in total. The van der Waals surface area contributed by atoms with Crippen LogP contribution in [0.15, 0.2) is 73.2 Å². The predicted molar refractivity (Wildman–Crippen MR) is 99.4 cm³/mol. The van der Waals surface area contributed by atoms with Crippen LogP contribution < -0.4 is 10.1 Å². The van der Waals surface area contributed by atoms with Gasteiger partial charge in [0.2, 0.25) is 5.78 Å². The molecule has 0 aliphatic carbocycles. The van der Waals surface area contributed by atoms with E-state index < -0.39 is 0 Å². The van der Waals surface area contributed by atoms with Crippen molar-refractivity contribution in [1.29, 1.82) is 0 Å². The third-order valence-electron chi connectivity index (χ3n) is 4.03. The number of ether oxygens (including phenoxy) is 1. The number of fused-ring (bicyclic) bond motifs is 1. The Kier molecular flexibility index (Phi) is 4.07. The van der Waals surface area contributed by atoms with Crippen molar-refractivity contribution in [3.8, 4) is 17.0 Å². The third-order valence-corrected chi connectivity index (χ3v) is 4.03. The maximum Gasteiger partial charge on any atom is 0.259 e. The van der Waals surface area contributed by atoms with Gasteiger partial charge in [0.1, 0.15) is 5.75 Å². The van der Waals surface area contributed by atoms with Crippen LogP contribution in [-0.2, 0) is 0 Å². The van der Waals surface area contributed by atoms with E-state index in [1.54, 1.807) is 31.5 Å². The van der Waals surface area contributed by atoms with E-state index in [-0.39, 0.29) is 5.91 Å². The Labute approximate surface area is 150 Å². The maximum absolute atomic E-state index is 12.5. The molecule has 2 aromatic heterocycles. The number of anilines is 1. The van der Waals surface area contributed by atoms with Gasteiger partial charge < -0.3 is 10.1 Å². The molecule has 0 unspecified atom stereocenters. The molecule has 1 amide bonds. The van der Waals surface area contributed by atoms with Gasteiger partial charge in [-0.3, -0.25) is 9.20 Å². The SMILES string of the molecule is COc1ccccc1C(=O)Nc1ccc(-c2cn3cccnc3n2)cc1. The smallest absolute Gasteiger partial charge is 0.259 e. The molecule has 26 heavy (non-hydrogen) atoms. The minimum Gasteiger partial charge on any atom is -0.496 e. The van der Waals surface area contributed by atoms with Crippen molar-refractivity contribution in [1.82, 2.24) is 14.4 Å². The first-order valence-electron chi connectivity index (χ1n) is 8.09. The first kappa shape index (κ1) is 15.8. The lowest BCUT2D eigenvalue weighted by Crippen LogP contribution is -2.12. The number of aromatic nitrogens is 3. The van der Waals surface area contributed by atoms with E-state index >= 15 is 0 Å². The van der Waals surface area contributed by atoms with E-state index in [1.807, 2.05) is 53.2 Å². The Morgan fingerprint density at radius 3 is 2.65 bits per heavy atom. The largest absolute Gasteiger partial charge is 0.496 e. The molecule has 2 heterocycles. The highest BCUT2D eigenvalue weighted by atomic mass is 16.5. The molecule has 0 saturated heterocycles. The van der Waals surface area contributed by atoms with Crippen molar-refractivity contribution in [3.63, 3.8) is 0 Å². The summed E-state index contributed by atoms with van der Waals surface area (Å²) in [6.45, 7) is 0. The number of hydrogen-bond acceptors (Lipinski definition) is 4. The fraction of sp³-hybridized carbons (Fsp3) is 0.0500. The molecule has 4 rings (SSSR count). The Morgan fingerprint density at radius 1 is 1.08 bits per heavy atom. The third kappa shape index (κ3) is 3.00. The molecule has 6 heteroatoms. The van der Waals surface area contributed by atoms with Crippen molar-refractivity contribution >= 4 is 17.4 Å². The van der Waals surface area contributed by atoms with Crippen molar-refractivity contribution in [2.24, 2.45) is 0 Å². The topological polar surface area (TPSA) is 68.5 Å². The second-order valence-electron chi connectivity index (χ2n) is 5.68. The summed E-state index contributed by atoms with van der Waals surface area (Å²) in [4.78, 5) is 21.2. The molecule has 0 atom stereocenters. The standard InChI is InChI=1S/C20H16N4O2/c1-26-18-6-3-2-5-16(18)19(25)22-15-9-7-14(8-10-15)17-13-24-12-4-11-21-20(24)23-17/h2-13H,1H3,(H,22,25). The molecule has 0 radical (unpaired) electrons. The fourth-order valence-corrected chi connectivity index (χ4v) is 2.72. The number of imidazole rings is 1. The van der Waals surface area contributed by atoms with Crippen LogP contribution in [0.25, 0.3) is 17.0 Å². The van der Waals surface area contributed by atoms with Gasteiger partial charge in [0.25, 0.3) is 5.91 Å². The number of carbonyl (C=O) groups excluding carboxylic acids is 1. The number of hydrogen-bond donors (Lipinski definition) is 1. The van der Waals surface area contributed by atoms with E-state index in [4.69, 9.17) is 4.74 Å². The molecule has 1 N–H and O–H groups in total. The molecule has 4 aromatic rings. The Bertz CT molecular complexity index is 1040. The van der Waals surface area contributed by atoms with Crippen molar-refractivity contribution in [2.75, 3.05) is 12.4 Å². The quantitative estimate of drug-likeness (QED) is 0.613. The average molecular weight is 344 g/mol. The normalized spacial score (nSPS) is 10.7. The molecule has 0 bridgehead atoms. The zero-order chi connectivity index (χ0) is 17.9. The Hall–Kier alpha value is -3.67.